The number of likely N-dealkylation sites (tertiary alicyclic amines) is 1. The van der Waals surface area contributed by atoms with E-state index in [0.717, 1.165) is 25.1 Å². The van der Waals surface area contributed by atoms with Gasteiger partial charge >= 0.3 is 0 Å². The number of carbonyl (C=O) groups excluding carboxylic acids is 1. The van der Waals surface area contributed by atoms with Gasteiger partial charge < -0.3 is 4.90 Å². The molecule has 1 unspecified atom stereocenters. The topological polar surface area (TPSA) is 63.9 Å². The molecule has 3 rings (SSSR count). The van der Waals surface area contributed by atoms with E-state index in [0.29, 0.717) is 12.2 Å². The number of nitrogens with zero attached hydrogens (tertiary/aromatic N) is 5. The van der Waals surface area contributed by atoms with Crippen LogP contribution in [0, 0.1) is 0 Å². The minimum atomic E-state index is 0.0554. The zero-order chi connectivity index (χ0) is 15.5. The fourth-order valence-corrected chi connectivity index (χ4v) is 2.98. The monoisotopic (exact) mass is 299 g/mol. The lowest BCUT2D eigenvalue weighted by Crippen LogP contribution is -2.40. The van der Waals surface area contributed by atoms with Crippen molar-refractivity contribution in [1.82, 2.24) is 24.6 Å². The van der Waals surface area contributed by atoms with Crippen LogP contribution in [0.3, 0.4) is 0 Å². The minimum Gasteiger partial charge on any atom is -0.337 e. The van der Waals surface area contributed by atoms with Gasteiger partial charge in [-0.2, -0.15) is 5.10 Å². The number of carbonyl (C=O) groups is 1. The van der Waals surface area contributed by atoms with Crippen LogP contribution in [0.5, 0.6) is 0 Å². The Kier molecular flexibility index (Phi) is 4.18. The number of amides is 1. The van der Waals surface area contributed by atoms with Gasteiger partial charge in [0.05, 0.1) is 5.69 Å². The maximum Gasteiger partial charge on any atom is 0.272 e. The molecule has 1 fully saturated rings. The van der Waals surface area contributed by atoms with E-state index in [2.05, 4.69) is 15.1 Å². The van der Waals surface area contributed by atoms with Crippen molar-refractivity contribution in [3.63, 3.8) is 0 Å². The molecule has 22 heavy (non-hydrogen) atoms. The fraction of sp³-hybridized carbons (Fsp3) is 0.500. The van der Waals surface area contributed by atoms with Gasteiger partial charge in [0, 0.05) is 49.8 Å². The highest BCUT2D eigenvalue weighted by molar-refractivity contribution is 5.92. The lowest BCUT2D eigenvalue weighted by atomic mass is 9.95. The average Bonchev–Trinajstić information content (AvgIpc) is 3.05. The second-order valence-corrected chi connectivity index (χ2v) is 5.98. The summed E-state index contributed by atoms with van der Waals surface area (Å²) in [4.78, 5) is 23.2. The SMILES string of the molecule is CC(C)n1nccc1C(=O)N1CCCC(c2cnccn2)C1. The maximum atomic E-state index is 12.8. The molecule has 2 aromatic rings. The van der Waals surface area contributed by atoms with Gasteiger partial charge in [0.1, 0.15) is 5.69 Å². The highest BCUT2D eigenvalue weighted by atomic mass is 16.2. The molecule has 0 aliphatic carbocycles. The maximum absolute atomic E-state index is 12.8. The first-order valence-electron chi connectivity index (χ1n) is 7.75. The molecule has 1 aliphatic rings. The zero-order valence-corrected chi connectivity index (χ0v) is 13.0. The summed E-state index contributed by atoms with van der Waals surface area (Å²) in [5.41, 5.74) is 1.63. The molecule has 0 N–H and O–H groups in total. The van der Waals surface area contributed by atoms with E-state index < -0.39 is 0 Å². The van der Waals surface area contributed by atoms with E-state index in [1.54, 1.807) is 35.5 Å². The summed E-state index contributed by atoms with van der Waals surface area (Å²) < 4.78 is 1.79. The molecule has 6 nitrogen and oxygen atoms in total. The van der Waals surface area contributed by atoms with E-state index in [-0.39, 0.29) is 17.9 Å². The predicted octanol–water partition coefficient (Wildman–Crippen LogP) is 2.27. The third-order valence-corrected chi connectivity index (χ3v) is 4.09. The molecule has 0 bridgehead atoms. The van der Waals surface area contributed by atoms with Crippen molar-refractivity contribution < 1.29 is 4.79 Å². The van der Waals surface area contributed by atoms with Crippen LogP contribution < -0.4 is 0 Å². The zero-order valence-electron chi connectivity index (χ0n) is 13.0. The van der Waals surface area contributed by atoms with Gasteiger partial charge in [-0.15, -0.1) is 0 Å². The Morgan fingerprint density at radius 2 is 2.18 bits per heavy atom. The minimum absolute atomic E-state index is 0.0554. The Morgan fingerprint density at radius 1 is 1.32 bits per heavy atom. The van der Waals surface area contributed by atoms with Crippen LogP contribution in [-0.4, -0.2) is 43.6 Å². The van der Waals surface area contributed by atoms with E-state index in [1.165, 1.54) is 0 Å². The largest absolute Gasteiger partial charge is 0.337 e. The molecular weight excluding hydrogens is 278 g/mol. The second-order valence-electron chi connectivity index (χ2n) is 5.98. The Bertz CT molecular complexity index is 637. The van der Waals surface area contributed by atoms with Crippen LogP contribution in [0.4, 0.5) is 0 Å². The molecule has 0 aromatic carbocycles. The molecule has 1 aliphatic heterocycles. The van der Waals surface area contributed by atoms with Crippen molar-refractivity contribution in [1.29, 1.82) is 0 Å². The third kappa shape index (κ3) is 2.86. The normalized spacial score (nSPS) is 18.7. The summed E-state index contributed by atoms with van der Waals surface area (Å²) in [5, 5.41) is 4.26. The number of hydrogen-bond donors (Lipinski definition) is 0. The van der Waals surface area contributed by atoms with E-state index in [1.807, 2.05) is 18.7 Å². The standard InChI is InChI=1S/C16H21N5O/c1-12(2)21-15(5-6-19-21)16(22)20-9-3-4-13(11-20)14-10-17-7-8-18-14/h5-8,10,12-13H,3-4,9,11H2,1-2H3. The highest BCUT2D eigenvalue weighted by Crippen LogP contribution is 2.26. The summed E-state index contributed by atoms with van der Waals surface area (Å²) in [7, 11) is 0. The molecule has 0 spiro atoms. The summed E-state index contributed by atoms with van der Waals surface area (Å²) in [6, 6.07) is 1.98. The molecule has 1 amide bonds. The van der Waals surface area contributed by atoms with Crippen molar-refractivity contribution in [3.8, 4) is 0 Å². The summed E-state index contributed by atoms with van der Waals surface area (Å²) >= 11 is 0. The summed E-state index contributed by atoms with van der Waals surface area (Å²) in [6.07, 6.45) is 8.92. The van der Waals surface area contributed by atoms with Crippen molar-refractivity contribution in [3.05, 3.63) is 42.2 Å². The number of aromatic nitrogens is 4. The number of rotatable bonds is 3. The van der Waals surface area contributed by atoms with E-state index in [9.17, 15) is 4.79 Å². The highest BCUT2D eigenvalue weighted by Gasteiger charge is 2.28. The van der Waals surface area contributed by atoms with Crippen LogP contribution in [0.2, 0.25) is 0 Å². The van der Waals surface area contributed by atoms with Crippen LogP contribution in [0.1, 0.15) is 54.8 Å². The molecule has 6 heteroatoms. The van der Waals surface area contributed by atoms with Gasteiger partial charge in [0.15, 0.2) is 0 Å². The first-order chi connectivity index (χ1) is 10.7. The second kappa shape index (κ2) is 6.25. The van der Waals surface area contributed by atoms with Crippen LogP contribution >= 0.6 is 0 Å². The molecule has 1 saturated heterocycles. The molecule has 0 saturated carbocycles. The lowest BCUT2D eigenvalue weighted by molar-refractivity contribution is 0.0691. The van der Waals surface area contributed by atoms with Crippen molar-refractivity contribution >= 4 is 5.91 Å². The fourth-order valence-electron chi connectivity index (χ4n) is 2.98. The smallest absolute Gasteiger partial charge is 0.272 e. The first kappa shape index (κ1) is 14.7. The number of piperidine rings is 1. The van der Waals surface area contributed by atoms with Crippen LogP contribution in [0.15, 0.2) is 30.9 Å². The Morgan fingerprint density at radius 3 is 2.91 bits per heavy atom. The summed E-state index contributed by atoms with van der Waals surface area (Å²) in [5.74, 6) is 0.321. The average molecular weight is 299 g/mol. The first-order valence-corrected chi connectivity index (χ1v) is 7.75. The van der Waals surface area contributed by atoms with Crippen molar-refractivity contribution in [2.75, 3.05) is 13.1 Å². The molecule has 0 radical (unpaired) electrons. The van der Waals surface area contributed by atoms with Crippen LogP contribution in [0.25, 0.3) is 0 Å². The van der Waals surface area contributed by atoms with Crippen LogP contribution in [-0.2, 0) is 0 Å². The molecule has 3 heterocycles. The van der Waals surface area contributed by atoms with Gasteiger partial charge in [-0.3, -0.25) is 19.4 Å². The third-order valence-electron chi connectivity index (χ3n) is 4.09. The van der Waals surface area contributed by atoms with Crippen molar-refractivity contribution in [2.24, 2.45) is 0 Å². The van der Waals surface area contributed by atoms with Gasteiger partial charge in [-0.1, -0.05) is 0 Å². The molecular formula is C16H21N5O. The van der Waals surface area contributed by atoms with Gasteiger partial charge in [0.25, 0.3) is 5.91 Å². The quantitative estimate of drug-likeness (QED) is 0.872. The molecule has 1 atom stereocenters. The Hall–Kier alpha value is -2.24. The van der Waals surface area contributed by atoms with E-state index >= 15 is 0 Å². The number of hydrogen-bond acceptors (Lipinski definition) is 4. The summed E-state index contributed by atoms with van der Waals surface area (Å²) in [6.45, 7) is 5.55. The Balaban J connectivity index is 1.77. The van der Waals surface area contributed by atoms with Gasteiger partial charge in [-0.05, 0) is 32.8 Å². The molecule has 116 valence electrons. The van der Waals surface area contributed by atoms with Crippen molar-refractivity contribution in [2.45, 2.75) is 38.6 Å². The predicted molar refractivity (Wildman–Crippen MR) is 82.5 cm³/mol. The Labute approximate surface area is 130 Å². The van der Waals surface area contributed by atoms with Gasteiger partial charge in [-0.25, -0.2) is 0 Å². The molecule has 2 aromatic heterocycles. The van der Waals surface area contributed by atoms with Gasteiger partial charge in [0.2, 0.25) is 0 Å². The van der Waals surface area contributed by atoms with E-state index in [4.69, 9.17) is 0 Å². The lowest BCUT2D eigenvalue weighted by Gasteiger charge is -2.32.